The molecule has 0 radical (unpaired) electrons. The molecule has 202 valence electrons. The fraction of sp³-hybridized carbons (Fsp3) is 0.783. The van der Waals surface area contributed by atoms with Crippen molar-refractivity contribution in [3.63, 3.8) is 0 Å². The molecular formula is C23H43N5O7. The first-order chi connectivity index (χ1) is 16.4. The summed E-state index contributed by atoms with van der Waals surface area (Å²) >= 11 is 0. The van der Waals surface area contributed by atoms with Crippen molar-refractivity contribution in [3.8, 4) is 0 Å². The Morgan fingerprint density at radius 3 is 1.80 bits per heavy atom. The molecular weight excluding hydrogens is 458 g/mol. The van der Waals surface area contributed by atoms with E-state index in [2.05, 4.69) is 16.0 Å². The Kier molecular flexibility index (Phi) is 15.5. The Bertz CT molecular complexity index is 718. The number of unbranched alkanes of at least 4 members (excludes halogenated alkanes) is 1. The lowest BCUT2D eigenvalue weighted by atomic mass is 9.96. The second-order valence-electron chi connectivity index (χ2n) is 8.97. The van der Waals surface area contributed by atoms with E-state index in [-0.39, 0.29) is 31.1 Å². The van der Waals surface area contributed by atoms with E-state index in [0.29, 0.717) is 32.2 Å². The lowest BCUT2D eigenvalue weighted by Gasteiger charge is -2.28. The number of amides is 3. The van der Waals surface area contributed by atoms with Crippen LogP contribution < -0.4 is 27.4 Å². The van der Waals surface area contributed by atoms with Crippen molar-refractivity contribution in [2.75, 3.05) is 6.54 Å². The smallest absolute Gasteiger partial charge is 0.326 e. The number of nitrogens with two attached hydrogens (primary N) is 2. The molecule has 0 aliphatic heterocycles. The Hall–Kier alpha value is -2.73. The molecule has 12 heteroatoms. The van der Waals surface area contributed by atoms with Gasteiger partial charge in [-0.15, -0.1) is 0 Å². The summed E-state index contributed by atoms with van der Waals surface area (Å²) in [5, 5.41) is 26.0. The summed E-state index contributed by atoms with van der Waals surface area (Å²) in [7, 11) is 0. The number of carboxylic acid groups (broad SMARTS) is 2. The molecule has 6 atom stereocenters. The summed E-state index contributed by atoms with van der Waals surface area (Å²) in [5.41, 5.74) is 11.3. The Balaban J connectivity index is 5.58. The van der Waals surface area contributed by atoms with E-state index in [9.17, 15) is 29.1 Å². The normalized spacial score (nSPS) is 16.2. The van der Waals surface area contributed by atoms with Crippen LogP contribution in [-0.2, 0) is 24.0 Å². The van der Waals surface area contributed by atoms with Crippen LogP contribution in [0.5, 0.6) is 0 Å². The third-order valence-corrected chi connectivity index (χ3v) is 6.16. The average molecular weight is 502 g/mol. The molecule has 0 aromatic carbocycles. The molecule has 0 rings (SSSR count). The van der Waals surface area contributed by atoms with Crippen molar-refractivity contribution in [1.29, 1.82) is 0 Å². The minimum atomic E-state index is -1.17. The lowest BCUT2D eigenvalue weighted by Crippen LogP contribution is -2.59. The molecule has 0 saturated heterocycles. The molecule has 6 unspecified atom stereocenters. The number of rotatable bonds is 18. The van der Waals surface area contributed by atoms with Crippen LogP contribution in [0, 0.1) is 11.8 Å². The molecule has 0 fully saturated rings. The monoisotopic (exact) mass is 501 g/mol. The maximum Gasteiger partial charge on any atom is 0.326 e. The van der Waals surface area contributed by atoms with Crippen molar-refractivity contribution in [2.24, 2.45) is 23.3 Å². The summed E-state index contributed by atoms with van der Waals surface area (Å²) in [6, 6.07) is -4.26. The van der Waals surface area contributed by atoms with E-state index < -0.39 is 53.8 Å². The highest BCUT2D eigenvalue weighted by atomic mass is 16.4. The van der Waals surface area contributed by atoms with E-state index in [1.54, 1.807) is 13.8 Å². The van der Waals surface area contributed by atoms with Gasteiger partial charge < -0.3 is 37.6 Å². The molecule has 12 nitrogen and oxygen atoms in total. The zero-order valence-corrected chi connectivity index (χ0v) is 21.2. The molecule has 0 heterocycles. The average Bonchev–Trinajstić information content (AvgIpc) is 2.81. The number of carbonyl (C=O) groups excluding carboxylic acids is 3. The van der Waals surface area contributed by atoms with Gasteiger partial charge in [0.1, 0.15) is 18.1 Å². The van der Waals surface area contributed by atoms with Crippen molar-refractivity contribution in [1.82, 2.24) is 16.0 Å². The number of aliphatic carboxylic acids is 2. The Morgan fingerprint density at radius 2 is 1.31 bits per heavy atom. The van der Waals surface area contributed by atoms with E-state index >= 15 is 0 Å². The Labute approximate surface area is 206 Å². The van der Waals surface area contributed by atoms with E-state index in [0.717, 1.165) is 0 Å². The SMILES string of the molecule is CCC(C)C(NC(=O)C(CCCCN)NC(=O)C(NC(=O)C(N)CCC(=O)O)C(C)CC)C(=O)O. The van der Waals surface area contributed by atoms with E-state index in [1.165, 1.54) is 0 Å². The third kappa shape index (κ3) is 12.0. The minimum absolute atomic E-state index is 0.0910. The number of carbonyl (C=O) groups is 5. The molecule has 0 aromatic rings. The van der Waals surface area contributed by atoms with Crippen LogP contribution >= 0.6 is 0 Å². The molecule has 3 amide bonds. The first-order valence-electron chi connectivity index (χ1n) is 12.2. The van der Waals surface area contributed by atoms with Crippen LogP contribution in [0.4, 0.5) is 0 Å². The summed E-state index contributed by atoms with van der Waals surface area (Å²) in [5.74, 6) is -4.80. The first kappa shape index (κ1) is 32.3. The zero-order valence-electron chi connectivity index (χ0n) is 21.2. The minimum Gasteiger partial charge on any atom is -0.481 e. The van der Waals surface area contributed by atoms with Gasteiger partial charge in [0.2, 0.25) is 17.7 Å². The van der Waals surface area contributed by atoms with Gasteiger partial charge in [-0.25, -0.2) is 4.79 Å². The molecule has 0 spiro atoms. The summed E-state index contributed by atoms with van der Waals surface area (Å²) < 4.78 is 0. The summed E-state index contributed by atoms with van der Waals surface area (Å²) in [6.07, 6.45) is 2.05. The highest BCUT2D eigenvalue weighted by molar-refractivity contribution is 5.94. The maximum atomic E-state index is 13.1. The van der Waals surface area contributed by atoms with Gasteiger partial charge in [0, 0.05) is 6.42 Å². The second kappa shape index (κ2) is 16.8. The topological polar surface area (TPSA) is 214 Å². The molecule has 0 aliphatic rings. The number of hydrogen-bond acceptors (Lipinski definition) is 7. The molecule has 35 heavy (non-hydrogen) atoms. The van der Waals surface area contributed by atoms with Crippen molar-refractivity contribution in [2.45, 2.75) is 96.8 Å². The number of nitrogens with one attached hydrogen (secondary N) is 3. The molecule has 9 N–H and O–H groups in total. The van der Waals surface area contributed by atoms with E-state index in [4.69, 9.17) is 16.6 Å². The van der Waals surface area contributed by atoms with E-state index in [1.807, 2.05) is 13.8 Å². The van der Waals surface area contributed by atoms with Gasteiger partial charge in [0.25, 0.3) is 0 Å². The van der Waals surface area contributed by atoms with Gasteiger partial charge >= 0.3 is 11.9 Å². The maximum absolute atomic E-state index is 13.1. The van der Waals surface area contributed by atoms with Crippen molar-refractivity contribution < 1.29 is 34.2 Å². The molecule has 0 aliphatic carbocycles. The van der Waals surface area contributed by atoms with Crippen LogP contribution in [-0.4, -0.2) is 70.6 Å². The third-order valence-electron chi connectivity index (χ3n) is 6.16. The number of carboxylic acids is 2. The fourth-order valence-corrected chi connectivity index (χ4v) is 3.33. The summed E-state index contributed by atoms with van der Waals surface area (Å²) in [4.78, 5) is 61.0. The largest absolute Gasteiger partial charge is 0.481 e. The Morgan fingerprint density at radius 1 is 0.771 bits per heavy atom. The van der Waals surface area contributed by atoms with Crippen LogP contribution in [0.15, 0.2) is 0 Å². The molecule has 0 bridgehead atoms. The van der Waals surface area contributed by atoms with Gasteiger partial charge in [-0.05, 0) is 44.1 Å². The van der Waals surface area contributed by atoms with Crippen LogP contribution in [0.2, 0.25) is 0 Å². The van der Waals surface area contributed by atoms with Crippen LogP contribution in [0.25, 0.3) is 0 Å². The van der Waals surface area contributed by atoms with Crippen LogP contribution in [0.3, 0.4) is 0 Å². The fourth-order valence-electron chi connectivity index (χ4n) is 3.33. The van der Waals surface area contributed by atoms with Gasteiger partial charge in [-0.3, -0.25) is 19.2 Å². The molecule has 0 saturated carbocycles. The summed E-state index contributed by atoms with van der Waals surface area (Å²) in [6.45, 7) is 7.50. The zero-order chi connectivity index (χ0) is 27.1. The predicted molar refractivity (Wildman–Crippen MR) is 130 cm³/mol. The van der Waals surface area contributed by atoms with Gasteiger partial charge in [0.15, 0.2) is 0 Å². The predicted octanol–water partition coefficient (Wildman–Crippen LogP) is -0.0613. The highest BCUT2D eigenvalue weighted by Gasteiger charge is 2.33. The quantitative estimate of drug-likeness (QED) is 0.125. The van der Waals surface area contributed by atoms with Crippen LogP contribution in [0.1, 0.15) is 72.6 Å². The highest BCUT2D eigenvalue weighted by Crippen LogP contribution is 2.12. The van der Waals surface area contributed by atoms with Gasteiger partial charge in [0.05, 0.1) is 6.04 Å². The first-order valence-corrected chi connectivity index (χ1v) is 12.2. The van der Waals surface area contributed by atoms with Crippen molar-refractivity contribution in [3.05, 3.63) is 0 Å². The molecule has 0 aromatic heterocycles. The number of hydrogen-bond donors (Lipinski definition) is 7. The lowest BCUT2D eigenvalue weighted by molar-refractivity contribution is -0.144. The van der Waals surface area contributed by atoms with Gasteiger partial charge in [-0.1, -0.05) is 40.5 Å². The van der Waals surface area contributed by atoms with Crippen molar-refractivity contribution >= 4 is 29.7 Å². The second-order valence-corrected chi connectivity index (χ2v) is 8.97. The van der Waals surface area contributed by atoms with Gasteiger partial charge in [-0.2, -0.15) is 0 Å². The standard InChI is InChI=1S/C23H43N5O7/c1-5-13(3)18(27-20(31)15(25)10-11-17(29)30)22(33)26-16(9-7-8-12-24)21(32)28-19(23(34)35)14(4)6-2/h13-16,18-19H,5-12,24-25H2,1-4H3,(H,26,33)(H,27,31)(H,28,32)(H,29,30)(H,34,35).